The normalized spacial score (nSPS) is 11.8. The Balaban J connectivity index is 2.42. The molecule has 20 heavy (non-hydrogen) atoms. The molecule has 0 aliphatic carbocycles. The van der Waals surface area contributed by atoms with Crippen LogP contribution >= 0.6 is 11.3 Å². The van der Waals surface area contributed by atoms with Gasteiger partial charge < -0.3 is 10.2 Å². The SMILES string of the molecule is Cc1nc(CC(CO)(CO)c2ccccc2F)sc1C. The van der Waals surface area contributed by atoms with Gasteiger partial charge in [0.05, 0.1) is 29.3 Å². The molecule has 1 heterocycles. The Morgan fingerprint density at radius 2 is 1.85 bits per heavy atom. The first-order valence-corrected chi connectivity index (χ1v) is 7.23. The van der Waals surface area contributed by atoms with E-state index in [0.717, 1.165) is 15.6 Å². The summed E-state index contributed by atoms with van der Waals surface area (Å²) >= 11 is 1.52. The molecule has 0 saturated carbocycles. The van der Waals surface area contributed by atoms with Gasteiger partial charge in [-0.25, -0.2) is 9.37 Å². The van der Waals surface area contributed by atoms with Crippen LogP contribution in [0.15, 0.2) is 24.3 Å². The van der Waals surface area contributed by atoms with Gasteiger partial charge in [-0.1, -0.05) is 18.2 Å². The number of aliphatic hydroxyl groups excluding tert-OH is 2. The van der Waals surface area contributed by atoms with Crippen LogP contribution in [0, 0.1) is 19.7 Å². The van der Waals surface area contributed by atoms with Crippen LogP contribution in [0.5, 0.6) is 0 Å². The molecular formula is C15H18FNO2S. The second-order valence-electron chi connectivity index (χ2n) is 5.00. The number of hydrogen-bond acceptors (Lipinski definition) is 4. The molecule has 1 aromatic carbocycles. The molecule has 1 aromatic heterocycles. The molecule has 0 atom stereocenters. The summed E-state index contributed by atoms with van der Waals surface area (Å²) in [5.41, 5.74) is 0.223. The van der Waals surface area contributed by atoms with E-state index in [1.165, 1.54) is 17.4 Å². The van der Waals surface area contributed by atoms with Gasteiger partial charge in [0.1, 0.15) is 5.82 Å². The van der Waals surface area contributed by atoms with Crippen LogP contribution in [0.2, 0.25) is 0 Å². The molecule has 0 amide bonds. The van der Waals surface area contributed by atoms with Gasteiger partial charge in [-0.2, -0.15) is 0 Å². The summed E-state index contributed by atoms with van der Waals surface area (Å²) in [5.74, 6) is -0.416. The summed E-state index contributed by atoms with van der Waals surface area (Å²) in [6.45, 7) is 3.22. The number of aliphatic hydroxyl groups is 2. The fourth-order valence-corrected chi connectivity index (χ4v) is 3.30. The Bertz CT molecular complexity index is 574. The molecule has 3 nitrogen and oxygen atoms in total. The second-order valence-corrected chi connectivity index (χ2v) is 6.29. The number of aromatic nitrogens is 1. The van der Waals surface area contributed by atoms with E-state index >= 15 is 0 Å². The second kappa shape index (κ2) is 5.99. The Morgan fingerprint density at radius 3 is 2.35 bits per heavy atom. The molecule has 0 aliphatic rings. The van der Waals surface area contributed by atoms with Gasteiger partial charge in [-0.05, 0) is 25.5 Å². The van der Waals surface area contributed by atoms with Crippen LogP contribution in [0.1, 0.15) is 21.1 Å². The van der Waals surface area contributed by atoms with Crippen LogP contribution in [0.25, 0.3) is 0 Å². The smallest absolute Gasteiger partial charge is 0.127 e. The third kappa shape index (κ3) is 2.75. The van der Waals surface area contributed by atoms with Crippen molar-refractivity contribution < 1.29 is 14.6 Å². The van der Waals surface area contributed by atoms with E-state index in [4.69, 9.17) is 0 Å². The van der Waals surface area contributed by atoms with Crippen LogP contribution < -0.4 is 0 Å². The van der Waals surface area contributed by atoms with Gasteiger partial charge >= 0.3 is 0 Å². The van der Waals surface area contributed by atoms with Crippen molar-refractivity contribution in [1.29, 1.82) is 0 Å². The average molecular weight is 295 g/mol. The van der Waals surface area contributed by atoms with E-state index in [2.05, 4.69) is 4.98 Å². The minimum absolute atomic E-state index is 0.320. The van der Waals surface area contributed by atoms with Crippen molar-refractivity contribution in [3.05, 3.63) is 51.2 Å². The molecule has 2 aromatic rings. The number of thiazole rings is 1. The summed E-state index contributed by atoms with van der Waals surface area (Å²) in [6.07, 6.45) is 0.320. The Morgan fingerprint density at radius 1 is 1.20 bits per heavy atom. The van der Waals surface area contributed by atoms with E-state index in [1.54, 1.807) is 18.2 Å². The maximum absolute atomic E-state index is 14.0. The molecule has 2 N–H and O–H groups in total. The van der Waals surface area contributed by atoms with E-state index in [0.29, 0.717) is 12.0 Å². The first-order valence-electron chi connectivity index (χ1n) is 6.42. The van der Waals surface area contributed by atoms with Crippen molar-refractivity contribution in [2.45, 2.75) is 25.7 Å². The molecule has 0 unspecified atom stereocenters. The van der Waals surface area contributed by atoms with E-state index < -0.39 is 11.2 Å². The molecule has 0 spiro atoms. The molecule has 0 bridgehead atoms. The van der Waals surface area contributed by atoms with Gasteiger partial charge in [-0.15, -0.1) is 11.3 Å². The third-order valence-electron chi connectivity index (χ3n) is 3.61. The maximum Gasteiger partial charge on any atom is 0.127 e. The van der Waals surface area contributed by atoms with Gasteiger partial charge in [-0.3, -0.25) is 0 Å². The lowest BCUT2D eigenvalue weighted by atomic mass is 9.79. The molecule has 5 heteroatoms. The molecule has 0 saturated heterocycles. The van der Waals surface area contributed by atoms with Crippen molar-refractivity contribution in [2.24, 2.45) is 0 Å². The lowest BCUT2D eigenvalue weighted by Gasteiger charge is -2.29. The van der Waals surface area contributed by atoms with Crippen molar-refractivity contribution in [1.82, 2.24) is 4.98 Å². The zero-order valence-corrected chi connectivity index (χ0v) is 12.4. The third-order valence-corrected chi connectivity index (χ3v) is 4.69. The molecule has 2 rings (SSSR count). The topological polar surface area (TPSA) is 53.4 Å². The van der Waals surface area contributed by atoms with Crippen molar-refractivity contribution in [3.8, 4) is 0 Å². The fourth-order valence-electron chi connectivity index (χ4n) is 2.22. The lowest BCUT2D eigenvalue weighted by Crippen LogP contribution is -2.38. The average Bonchev–Trinajstić information content (AvgIpc) is 2.75. The quantitative estimate of drug-likeness (QED) is 0.890. The largest absolute Gasteiger partial charge is 0.395 e. The Labute approximate surface area is 121 Å². The van der Waals surface area contributed by atoms with Crippen LogP contribution in [0.3, 0.4) is 0 Å². The lowest BCUT2D eigenvalue weighted by molar-refractivity contribution is 0.113. The van der Waals surface area contributed by atoms with Gasteiger partial charge in [0.25, 0.3) is 0 Å². The Kier molecular flexibility index (Phi) is 4.52. The van der Waals surface area contributed by atoms with Crippen LogP contribution in [-0.4, -0.2) is 28.4 Å². The predicted octanol–water partition coefficient (Wildman–Crippen LogP) is 2.36. The number of rotatable bonds is 5. The highest BCUT2D eigenvalue weighted by Crippen LogP contribution is 2.32. The highest BCUT2D eigenvalue weighted by molar-refractivity contribution is 7.11. The monoisotopic (exact) mass is 295 g/mol. The van der Waals surface area contributed by atoms with Gasteiger partial charge in [0.2, 0.25) is 0 Å². The zero-order chi connectivity index (χ0) is 14.8. The number of aryl methyl sites for hydroxylation is 2. The summed E-state index contributed by atoms with van der Waals surface area (Å²) < 4.78 is 14.0. The molecular weight excluding hydrogens is 277 g/mol. The first-order chi connectivity index (χ1) is 9.52. The molecule has 0 radical (unpaired) electrons. The van der Waals surface area contributed by atoms with Crippen molar-refractivity contribution >= 4 is 11.3 Å². The highest BCUT2D eigenvalue weighted by Gasteiger charge is 2.35. The predicted molar refractivity (Wildman–Crippen MR) is 77.5 cm³/mol. The summed E-state index contributed by atoms with van der Waals surface area (Å²) in [4.78, 5) is 5.52. The van der Waals surface area contributed by atoms with Crippen LogP contribution in [0.4, 0.5) is 4.39 Å². The minimum atomic E-state index is -1.04. The van der Waals surface area contributed by atoms with E-state index in [1.807, 2.05) is 13.8 Å². The van der Waals surface area contributed by atoms with Crippen molar-refractivity contribution in [3.63, 3.8) is 0 Å². The number of nitrogens with zero attached hydrogens (tertiary/aromatic N) is 1. The fraction of sp³-hybridized carbons (Fsp3) is 0.400. The Hall–Kier alpha value is -1.30. The standard InChI is InChI=1S/C15H18FNO2S/c1-10-11(2)20-14(17-10)7-15(8-18,9-19)12-5-3-4-6-13(12)16/h3-6,18-19H,7-9H2,1-2H3. The first kappa shape index (κ1) is 15.1. The summed E-state index contributed by atoms with van der Waals surface area (Å²) in [5, 5.41) is 20.3. The molecule has 0 aliphatic heterocycles. The zero-order valence-electron chi connectivity index (χ0n) is 11.6. The summed E-state index contributed by atoms with van der Waals surface area (Å²) in [6, 6.07) is 6.25. The number of benzene rings is 1. The highest BCUT2D eigenvalue weighted by atomic mass is 32.1. The van der Waals surface area contributed by atoms with Crippen molar-refractivity contribution in [2.75, 3.05) is 13.2 Å². The maximum atomic E-state index is 14.0. The molecule has 0 fully saturated rings. The minimum Gasteiger partial charge on any atom is -0.395 e. The van der Waals surface area contributed by atoms with Gasteiger partial charge in [0, 0.05) is 11.3 Å². The summed E-state index contributed by atoms with van der Waals surface area (Å²) in [7, 11) is 0. The van der Waals surface area contributed by atoms with E-state index in [9.17, 15) is 14.6 Å². The van der Waals surface area contributed by atoms with E-state index in [-0.39, 0.29) is 13.2 Å². The molecule has 108 valence electrons. The van der Waals surface area contributed by atoms with Crippen LogP contribution in [-0.2, 0) is 11.8 Å². The van der Waals surface area contributed by atoms with Gasteiger partial charge in [0.15, 0.2) is 0 Å². The number of halogens is 1. The number of hydrogen-bond donors (Lipinski definition) is 2.